The minimum Gasteiger partial charge on any atom is -0.497 e. The summed E-state index contributed by atoms with van der Waals surface area (Å²) in [6.45, 7) is 5.11. The summed E-state index contributed by atoms with van der Waals surface area (Å²) in [6, 6.07) is 11.3. The molecule has 1 N–H and O–H groups in total. The second kappa shape index (κ2) is 11.0. The molecule has 3 aromatic rings. The van der Waals surface area contributed by atoms with Gasteiger partial charge in [0.25, 0.3) is 11.5 Å². The van der Waals surface area contributed by atoms with Crippen molar-refractivity contribution in [2.75, 3.05) is 19.0 Å². The van der Waals surface area contributed by atoms with E-state index in [1.165, 1.54) is 16.2 Å². The molecule has 1 amide bonds. The van der Waals surface area contributed by atoms with Crippen molar-refractivity contribution >= 4 is 51.7 Å². The second-order valence-electron chi connectivity index (χ2n) is 8.36. The zero-order valence-electron chi connectivity index (χ0n) is 20.0. The number of unbranched alkanes of at least 4 members (excludes halogenated alkanes) is 2. The van der Waals surface area contributed by atoms with Gasteiger partial charge >= 0.3 is 0 Å². The van der Waals surface area contributed by atoms with Crippen LogP contribution in [-0.2, 0) is 11.3 Å². The molecule has 182 valence electrons. The summed E-state index contributed by atoms with van der Waals surface area (Å²) in [5, 5.41) is 3.31. The Bertz CT molecular complexity index is 1350. The molecule has 0 unspecified atom stereocenters. The number of fused-ring (bicyclic) bond motifs is 1. The number of carbonyl (C=O) groups excluding carboxylic acids is 1. The van der Waals surface area contributed by atoms with Gasteiger partial charge in [-0.05, 0) is 48.7 Å². The van der Waals surface area contributed by atoms with Crippen LogP contribution in [0.5, 0.6) is 5.75 Å². The number of amides is 1. The van der Waals surface area contributed by atoms with Crippen LogP contribution in [-0.4, -0.2) is 38.2 Å². The van der Waals surface area contributed by atoms with Crippen molar-refractivity contribution < 1.29 is 9.53 Å². The molecule has 35 heavy (non-hydrogen) atoms. The van der Waals surface area contributed by atoms with Crippen LogP contribution in [0.2, 0.25) is 0 Å². The van der Waals surface area contributed by atoms with E-state index in [2.05, 4.69) is 12.2 Å². The zero-order chi connectivity index (χ0) is 24.9. The highest BCUT2D eigenvalue weighted by Crippen LogP contribution is 2.34. The van der Waals surface area contributed by atoms with E-state index in [1.807, 2.05) is 43.3 Å². The lowest BCUT2D eigenvalue weighted by Gasteiger charge is -2.14. The summed E-state index contributed by atoms with van der Waals surface area (Å²) in [5.74, 6) is 1.01. The number of anilines is 1. The van der Waals surface area contributed by atoms with E-state index in [1.54, 1.807) is 24.3 Å². The van der Waals surface area contributed by atoms with Gasteiger partial charge in [0, 0.05) is 12.7 Å². The first-order valence-electron chi connectivity index (χ1n) is 11.6. The van der Waals surface area contributed by atoms with Gasteiger partial charge in [0.05, 0.1) is 24.1 Å². The van der Waals surface area contributed by atoms with Gasteiger partial charge in [-0.3, -0.25) is 18.9 Å². The zero-order valence-corrected chi connectivity index (χ0v) is 21.7. The molecule has 1 saturated heterocycles. The van der Waals surface area contributed by atoms with Crippen molar-refractivity contribution in [3.63, 3.8) is 0 Å². The predicted octanol–water partition coefficient (Wildman–Crippen LogP) is 5.02. The topological polar surface area (TPSA) is 75.9 Å². The third kappa shape index (κ3) is 5.57. The van der Waals surface area contributed by atoms with Crippen LogP contribution < -0.4 is 15.6 Å². The molecule has 0 bridgehead atoms. The summed E-state index contributed by atoms with van der Waals surface area (Å²) < 4.78 is 7.19. The predicted molar refractivity (Wildman–Crippen MR) is 146 cm³/mol. The molecule has 3 heterocycles. The molecule has 0 atom stereocenters. The van der Waals surface area contributed by atoms with Gasteiger partial charge in [0.1, 0.15) is 21.5 Å². The number of carbonyl (C=O) groups is 1. The molecule has 0 radical (unpaired) electrons. The molecule has 0 saturated carbocycles. The monoisotopic (exact) mass is 508 g/mol. The number of hydrogen-bond donors (Lipinski definition) is 1. The first kappa shape index (κ1) is 24.9. The summed E-state index contributed by atoms with van der Waals surface area (Å²) in [4.78, 5) is 33.4. The summed E-state index contributed by atoms with van der Waals surface area (Å²) in [7, 11) is 1.61. The van der Waals surface area contributed by atoms with E-state index in [4.69, 9.17) is 21.9 Å². The second-order valence-corrected chi connectivity index (χ2v) is 10.0. The molecule has 0 aliphatic carbocycles. The Morgan fingerprint density at radius 3 is 2.63 bits per heavy atom. The van der Waals surface area contributed by atoms with Crippen LogP contribution in [0.25, 0.3) is 11.7 Å². The highest BCUT2D eigenvalue weighted by Gasteiger charge is 2.32. The maximum absolute atomic E-state index is 13.5. The van der Waals surface area contributed by atoms with Crippen molar-refractivity contribution in [1.29, 1.82) is 0 Å². The standard InChI is InChI=1S/C26H28N4O3S2/c1-4-5-6-13-27-23-20(24(31)29-15-17(2)7-12-22(29)28-23)14-21-25(32)30(26(34)35-21)16-18-8-10-19(33-3)11-9-18/h7-12,14-15,27H,4-6,13,16H2,1-3H3/b21-14+. The number of thiocarbonyl (C=S) groups is 1. The lowest BCUT2D eigenvalue weighted by molar-refractivity contribution is -0.122. The van der Waals surface area contributed by atoms with Crippen LogP contribution in [0.1, 0.15) is 42.9 Å². The number of pyridine rings is 1. The van der Waals surface area contributed by atoms with Gasteiger partial charge in [-0.25, -0.2) is 4.98 Å². The number of nitrogens with one attached hydrogen (secondary N) is 1. The van der Waals surface area contributed by atoms with Gasteiger partial charge in [-0.15, -0.1) is 0 Å². The fourth-order valence-corrected chi connectivity index (χ4v) is 5.02. The van der Waals surface area contributed by atoms with E-state index >= 15 is 0 Å². The number of aryl methyl sites for hydroxylation is 1. The van der Waals surface area contributed by atoms with Crippen LogP contribution in [0, 0.1) is 6.92 Å². The van der Waals surface area contributed by atoms with Crippen LogP contribution >= 0.6 is 24.0 Å². The maximum Gasteiger partial charge on any atom is 0.267 e. The van der Waals surface area contributed by atoms with E-state index in [-0.39, 0.29) is 11.5 Å². The maximum atomic E-state index is 13.5. The fourth-order valence-electron chi connectivity index (χ4n) is 3.79. The first-order chi connectivity index (χ1) is 16.9. The van der Waals surface area contributed by atoms with Crippen molar-refractivity contribution in [2.24, 2.45) is 0 Å². The van der Waals surface area contributed by atoms with E-state index < -0.39 is 0 Å². The number of hydrogen-bond acceptors (Lipinski definition) is 7. The lowest BCUT2D eigenvalue weighted by Crippen LogP contribution is -2.27. The number of benzene rings is 1. The van der Waals surface area contributed by atoms with Crippen molar-refractivity contribution in [3.05, 3.63) is 74.5 Å². The van der Waals surface area contributed by atoms with E-state index in [0.717, 1.165) is 36.1 Å². The third-order valence-corrected chi connectivity index (χ3v) is 7.10. The number of rotatable bonds is 9. The molecule has 9 heteroatoms. The molecule has 0 spiro atoms. The number of nitrogens with zero attached hydrogens (tertiary/aromatic N) is 3. The molecule has 1 fully saturated rings. The molecular formula is C26H28N4O3S2. The number of aromatic nitrogens is 2. The Morgan fingerprint density at radius 1 is 1.14 bits per heavy atom. The molecule has 1 aliphatic rings. The lowest BCUT2D eigenvalue weighted by atomic mass is 10.2. The molecule has 7 nitrogen and oxygen atoms in total. The molecule has 4 rings (SSSR count). The van der Waals surface area contributed by atoms with E-state index in [9.17, 15) is 9.59 Å². The van der Waals surface area contributed by atoms with Crippen molar-refractivity contribution in [2.45, 2.75) is 39.7 Å². The third-order valence-electron chi connectivity index (χ3n) is 5.73. The minimum atomic E-state index is -0.225. The highest BCUT2D eigenvalue weighted by molar-refractivity contribution is 8.26. The average Bonchev–Trinajstić information content (AvgIpc) is 3.12. The Labute approximate surface area is 214 Å². The SMILES string of the molecule is CCCCCNc1nc2ccc(C)cn2c(=O)c1/C=C1/SC(=S)N(Cc2ccc(OC)cc2)C1=O. The summed E-state index contributed by atoms with van der Waals surface area (Å²) in [6.07, 6.45) is 6.53. The Hall–Kier alpha value is -3.17. The molecular weight excluding hydrogens is 480 g/mol. The Balaban J connectivity index is 1.67. The van der Waals surface area contributed by atoms with Crippen molar-refractivity contribution in [1.82, 2.24) is 14.3 Å². The van der Waals surface area contributed by atoms with Gasteiger partial charge in [0.2, 0.25) is 0 Å². The minimum absolute atomic E-state index is 0.221. The number of thioether (sulfide) groups is 1. The summed E-state index contributed by atoms with van der Waals surface area (Å²) in [5.41, 5.74) is 2.57. The molecule has 1 aromatic carbocycles. The Morgan fingerprint density at radius 2 is 1.91 bits per heavy atom. The Kier molecular flexibility index (Phi) is 7.87. The van der Waals surface area contributed by atoms with E-state index in [0.29, 0.717) is 39.3 Å². The van der Waals surface area contributed by atoms with Crippen LogP contribution in [0.3, 0.4) is 0 Å². The fraction of sp³-hybridized carbons (Fsp3) is 0.308. The highest BCUT2D eigenvalue weighted by atomic mass is 32.2. The normalized spacial score (nSPS) is 14.8. The van der Waals surface area contributed by atoms with Crippen molar-refractivity contribution in [3.8, 4) is 5.75 Å². The smallest absolute Gasteiger partial charge is 0.267 e. The number of ether oxygens (including phenoxy) is 1. The molecule has 1 aliphatic heterocycles. The van der Waals surface area contributed by atoms with Gasteiger partial charge in [0.15, 0.2) is 0 Å². The quantitative estimate of drug-likeness (QED) is 0.247. The van der Waals surface area contributed by atoms with Gasteiger partial charge < -0.3 is 10.1 Å². The average molecular weight is 509 g/mol. The van der Waals surface area contributed by atoms with Crippen LogP contribution in [0.4, 0.5) is 5.82 Å². The largest absolute Gasteiger partial charge is 0.497 e. The van der Waals surface area contributed by atoms with Crippen LogP contribution in [0.15, 0.2) is 52.3 Å². The first-order valence-corrected chi connectivity index (χ1v) is 12.8. The molecule has 2 aromatic heterocycles. The van der Waals surface area contributed by atoms with Gasteiger partial charge in [-0.1, -0.05) is 61.9 Å². The van der Waals surface area contributed by atoms with Gasteiger partial charge in [-0.2, -0.15) is 0 Å². The number of methoxy groups -OCH3 is 1. The summed E-state index contributed by atoms with van der Waals surface area (Å²) >= 11 is 6.71.